The van der Waals surface area contributed by atoms with E-state index in [1.807, 2.05) is 0 Å². The second kappa shape index (κ2) is 7.34. The third-order valence-electron chi connectivity index (χ3n) is 2.55. The summed E-state index contributed by atoms with van der Waals surface area (Å²) in [6, 6.07) is 3.55. The Morgan fingerprint density at radius 2 is 1.41 bits per heavy atom. The summed E-state index contributed by atoms with van der Waals surface area (Å²) in [6.45, 7) is 0. The molecule has 0 fully saturated rings. The van der Waals surface area contributed by atoms with Crippen LogP contribution in [0.1, 0.15) is 0 Å². The Morgan fingerprint density at radius 1 is 0.864 bits per heavy atom. The van der Waals surface area contributed by atoms with Crippen molar-refractivity contribution in [3.63, 3.8) is 0 Å². The minimum absolute atomic E-state index is 0. The molecule has 0 unspecified atom stereocenters. The molecular weight excluding hydrogens is 358 g/mol. The number of benzene rings is 2. The smallest absolute Gasteiger partial charge is 0.744 e. The fourth-order valence-electron chi connectivity index (χ4n) is 1.84. The van der Waals surface area contributed by atoms with Gasteiger partial charge in [0.05, 0.1) is 15.2 Å². The van der Waals surface area contributed by atoms with Gasteiger partial charge in [-0.3, -0.25) is 0 Å². The monoisotopic (exact) mass is 364 g/mol. The van der Waals surface area contributed by atoms with Gasteiger partial charge in [-0.15, -0.1) is 0 Å². The van der Waals surface area contributed by atoms with E-state index in [1.165, 1.54) is 0 Å². The van der Waals surface area contributed by atoms with Gasteiger partial charge in [0.25, 0.3) is 0 Å². The average Bonchev–Trinajstić information content (AvgIpc) is 2.25. The normalized spacial score (nSPS) is 11.5. The first-order valence-electron chi connectivity index (χ1n) is 4.93. The SMILES string of the molecule is O=S(=O)([O-])c1cc(O)c2c(O)cccc2c1S(=O)(=O)[O-].[Na+].[Na+]. The van der Waals surface area contributed by atoms with Crippen LogP contribution >= 0.6 is 0 Å². The first kappa shape index (κ1) is 22.1. The van der Waals surface area contributed by atoms with Crippen LogP contribution in [0.2, 0.25) is 0 Å². The van der Waals surface area contributed by atoms with Crippen molar-refractivity contribution in [1.29, 1.82) is 0 Å². The molecule has 108 valence electrons. The van der Waals surface area contributed by atoms with Crippen LogP contribution in [0, 0.1) is 0 Å². The predicted molar refractivity (Wildman–Crippen MR) is 63.2 cm³/mol. The maximum absolute atomic E-state index is 11.2. The number of fused-ring (bicyclic) bond motifs is 1. The number of rotatable bonds is 2. The van der Waals surface area contributed by atoms with Gasteiger partial charge in [0, 0.05) is 5.39 Å². The molecule has 0 aliphatic carbocycles. The van der Waals surface area contributed by atoms with E-state index >= 15 is 0 Å². The standard InChI is InChI=1S/C10H8O8S2.2Na/c11-6-3-1-2-5-9(6)7(12)4-8(19(13,14)15)10(5)20(16,17)18;;/h1-4,11-12H,(H,13,14,15)(H,16,17,18);;/q;2*+1/p-2. The van der Waals surface area contributed by atoms with Crippen molar-refractivity contribution in [2.45, 2.75) is 9.79 Å². The van der Waals surface area contributed by atoms with E-state index in [4.69, 9.17) is 0 Å². The number of phenolic OH excluding ortho intramolecular Hbond substituents is 2. The van der Waals surface area contributed by atoms with E-state index in [0.717, 1.165) is 18.2 Å². The number of aromatic hydroxyl groups is 2. The van der Waals surface area contributed by atoms with Crippen molar-refractivity contribution in [2.75, 3.05) is 0 Å². The Morgan fingerprint density at radius 3 is 1.86 bits per heavy atom. The van der Waals surface area contributed by atoms with Gasteiger partial charge in [-0.25, -0.2) is 16.8 Å². The Labute approximate surface area is 170 Å². The summed E-state index contributed by atoms with van der Waals surface area (Å²) < 4.78 is 66.8. The molecule has 2 aromatic rings. The summed E-state index contributed by atoms with van der Waals surface area (Å²) in [4.78, 5) is -2.65. The van der Waals surface area contributed by atoms with Gasteiger partial charge in [-0.05, 0) is 12.1 Å². The predicted octanol–water partition coefficient (Wildman–Crippen LogP) is -5.93. The van der Waals surface area contributed by atoms with Gasteiger partial charge in [0.15, 0.2) is 0 Å². The largest absolute Gasteiger partial charge is 1.00 e. The molecule has 12 heteroatoms. The molecule has 0 aliphatic heterocycles. The fraction of sp³-hybridized carbons (Fsp3) is 0. The van der Waals surface area contributed by atoms with Crippen LogP contribution in [0.5, 0.6) is 11.5 Å². The first-order chi connectivity index (χ1) is 9.03. The minimum Gasteiger partial charge on any atom is -0.744 e. The summed E-state index contributed by atoms with van der Waals surface area (Å²) in [6.07, 6.45) is 0. The van der Waals surface area contributed by atoms with Gasteiger partial charge < -0.3 is 19.3 Å². The van der Waals surface area contributed by atoms with E-state index in [9.17, 15) is 36.2 Å². The molecule has 0 bridgehead atoms. The molecule has 0 atom stereocenters. The van der Waals surface area contributed by atoms with E-state index in [0.29, 0.717) is 6.07 Å². The third-order valence-corrected chi connectivity index (χ3v) is 4.48. The minimum atomic E-state index is -5.33. The number of hydrogen-bond donors (Lipinski definition) is 2. The summed E-state index contributed by atoms with van der Waals surface area (Å²) in [5.41, 5.74) is 0. The molecular formula is C10H6Na2O8S2. The number of phenols is 2. The zero-order valence-corrected chi connectivity index (χ0v) is 17.1. The van der Waals surface area contributed by atoms with Crippen LogP contribution in [0.25, 0.3) is 10.8 Å². The van der Waals surface area contributed by atoms with Crippen molar-refractivity contribution < 1.29 is 95.3 Å². The quantitative estimate of drug-likeness (QED) is 0.394. The molecule has 0 saturated heterocycles. The van der Waals surface area contributed by atoms with Gasteiger partial charge >= 0.3 is 59.1 Å². The van der Waals surface area contributed by atoms with Gasteiger partial charge in [-0.2, -0.15) is 0 Å². The van der Waals surface area contributed by atoms with Crippen LogP contribution in [0.4, 0.5) is 0 Å². The Kier molecular flexibility index (Phi) is 7.38. The Hall–Kier alpha value is 0.120. The van der Waals surface area contributed by atoms with Crippen molar-refractivity contribution >= 4 is 31.0 Å². The van der Waals surface area contributed by atoms with Gasteiger partial charge in [0.1, 0.15) is 31.7 Å². The van der Waals surface area contributed by atoms with Crippen LogP contribution in [-0.2, 0) is 20.2 Å². The molecule has 0 spiro atoms. The zero-order chi connectivity index (χ0) is 15.3. The van der Waals surface area contributed by atoms with Gasteiger partial charge in [0.2, 0.25) is 0 Å². The molecule has 0 saturated carbocycles. The summed E-state index contributed by atoms with van der Waals surface area (Å²) in [7, 11) is -10.6. The fourth-order valence-corrected chi connectivity index (χ4v) is 3.79. The Bertz CT molecular complexity index is 922. The topological polar surface area (TPSA) is 155 Å². The molecule has 0 aliphatic rings. The zero-order valence-electron chi connectivity index (χ0n) is 11.5. The molecule has 22 heavy (non-hydrogen) atoms. The maximum Gasteiger partial charge on any atom is 1.00 e. The molecule has 8 nitrogen and oxygen atoms in total. The molecule has 0 radical (unpaired) electrons. The third kappa shape index (κ3) is 4.15. The molecule has 0 heterocycles. The summed E-state index contributed by atoms with van der Waals surface area (Å²) in [5.74, 6) is -1.40. The van der Waals surface area contributed by atoms with Crippen molar-refractivity contribution in [2.24, 2.45) is 0 Å². The first-order valence-corrected chi connectivity index (χ1v) is 7.74. The summed E-state index contributed by atoms with van der Waals surface area (Å²) >= 11 is 0. The second-order valence-corrected chi connectivity index (χ2v) is 6.50. The Balaban J connectivity index is 0.00000220. The maximum atomic E-state index is 11.2. The van der Waals surface area contributed by atoms with E-state index in [-0.39, 0.29) is 59.1 Å². The van der Waals surface area contributed by atoms with E-state index < -0.39 is 52.3 Å². The van der Waals surface area contributed by atoms with Crippen LogP contribution in [0.15, 0.2) is 34.1 Å². The van der Waals surface area contributed by atoms with Crippen LogP contribution in [-0.4, -0.2) is 36.2 Å². The van der Waals surface area contributed by atoms with E-state index in [2.05, 4.69) is 0 Å². The van der Waals surface area contributed by atoms with E-state index in [1.54, 1.807) is 0 Å². The molecule has 2 aromatic carbocycles. The second-order valence-electron chi connectivity index (χ2n) is 3.83. The average molecular weight is 364 g/mol. The summed E-state index contributed by atoms with van der Waals surface area (Å²) in [5, 5.41) is 18.2. The van der Waals surface area contributed by atoms with Crippen molar-refractivity contribution in [1.82, 2.24) is 0 Å². The van der Waals surface area contributed by atoms with Crippen LogP contribution < -0.4 is 59.1 Å². The van der Waals surface area contributed by atoms with Gasteiger partial charge in [-0.1, -0.05) is 12.1 Å². The van der Waals surface area contributed by atoms with Crippen molar-refractivity contribution in [3.8, 4) is 11.5 Å². The number of hydrogen-bond acceptors (Lipinski definition) is 8. The van der Waals surface area contributed by atoms with Crippen molar-refractivity contribution in [3.05, 3.63) is 24.3 Å². The molecule has 0 amide bonds. The van der Waals surface area contributed by atoms with Crippen LogP contribution in [0.3, 0.4) is 0 Å². The molecule has 2 N–H and O–H groups in total. The molecule has 0 aromatic heterocycles. The molecule has 2 rings (SSSR count).